The zero-order valence-electron chi connectivity index (χ0n) is 12.0. The third-order valence-corrected chi connectivity index (χ3v) is 3.84. The molecule has 0 aromatic carbocycles. The van der Waals surface area contributed by atoms with E-state index in [0.29, 0.717) is 0 Å². The molecule has 102 valence electrons. The number of hydrogen-bond donors (Lipinski definition) is 1. The number of hydrogen-bond acceptors (Lipinski definition) is 3. The second kappa shape index (κ2) is 8.90. The lowest BCUT2D eigenvalue weighted by molar-refractivity contribution is 0.179. The van der Waals surface area contributed by atoms with Gasteiger partial charge < -0.3 is 15.1 Å². The lowest BCUT2D eigenvalue weighted by atomic mass is 10.1. The lowest BCUT2D eigenvalue weighted by Gasteiger charge is -2.33. The highest BCUT2D eigenvalue weighted by molar-refractivity contribution is 4.77. The Balaban J connectivity index is 2.13. The van der Waals surface area contributed by atoms with Crippen molar-refractivity contribution in [1.82, 2.24) is 15.1 Å². The van der Waals surface area contributed by atoms with Gasteiger partial charge in [0.1, 0.15) is 0 Å². The van der Waals surface area contributed by atoms with Gasteiger partial charge in [-0.15, -0.1) is 0 Å². The van der Waals surface area contributed by atoms with Crippen molar-refractivity contribution in [2.45, 2.75) is 46.1 Å². The highest BCUT2D eigenvalue weighted by Crippen LogP contribution is 2.10. The molecule has 0 radical (unpaired) electrons. The smallest absolute Gasteiger partial charge is 0.0195 e. The van der Waals surface area contributed by atoms with Crippen molar-refractivity contribution >= 4 is 0 Å². The summed E-state index contributed by atoms with van der Waals surface area (Å²) in [7, 11) is 0. The van der Waals surface area contributed by atoms with E-state index >= 15 is 0 Å². The predicted octanol–water partition coefficient (Wildman–Crippen LogP) is 1.79. The summed E-state index contributed by atoms with van der Waals surface area (Å²) in [6.45, 7) is 15.3. The second-order valence-electron chi connectivity index (χ2n) is 5.08. The van der Waals surface area contributed by atoms with E-state index in [0.717, 1.165) is 12.6 Å². The number of likely N-dealkylation sites (N-methyl/N-ethyl adjacent to an activating group) is 1. The van der Waals surface area contributed by atoms with E-state index in [-0.39, 0.29) is 0 Å². The van der Waals surface area contributed by atoms with Gasteiger partial charge in [-0.1, -0.05) is 20.8 Å². The predicted molar refractivity (Wildman–Crippen MR) is 75.5 cm³/mol. The normalized spacial score (nSPS) is 22.2. The molecule has 3 nitrogen and oxygen atoms in total. The molecule has 0 spiro atoms. The summed E-state index contributed by atoms with van der Waals surface area (Å²) in [5.41, 5.74) is 0. The molecule has 0 saturated carbocycles. The van der Waals surface area contributed by atoms with E-state index in [9.17, 15) is 0 Å². The molecule has 1 fully saturated rings. The Hall–Kier alpha value is -0.120. The number of likely N-dealkylation sites (tertiary alicyclic amines) is 1. The van der Waals surface area contributed by atoms with Gasteiger partial charge in [0.2, 0.25) is 0 Å². The second-order valence-corrected chi connectivity index (χ2v) is 5.08. The van der Waals surface area contributed by atoms with Crippen LogP contribution in [0.5, 0.6) is 0 Å². The fourth-order valence-corrected chi connectivity index (χ4v) is 2.77. The van der Waals surface area contributed by atoms with Crippen LogP contribution >= 0.6 is 0 Å². The summed E-state index contributed by atoms with van der Waals surface area (Å²) >= 11 is 0. The number of nitrogens with zero attached hydrogens (tertiary/aromatic N) is 2. The minimum absolute atomic E-state index is 0.738. The molecule has 0 amide bonds. The Morgan fingerprint density at radius 2 is 2.00 bits per heavy atom. The quantitative estimate of drug-likeness (QED) is 0.699. The van der Waals surface area contributed by atoms with E-state index in [2.05, 4.69) is 35.9 Å². The van der Waals surface area contributed by atoms with Crippen LogP contribution in [0.2, 0.25) is 0 Å². The molecular weight excluding hydrogens is 210 g/mol. The van der Waals surface area contributed by atoms with Gasteiger partial charge in [0.15, 0.2) is 0 Å². The Kier molecular flexibility index (Phi) is 7.82. The van der Waals surface area contributed by atoms with E-state index in [1.54, 1.807) is 0 Å². The van der Waals surface area contributed by atoms with Crippen LogP contribution < -0.4 is 5.32 Å². The minimum atomic E-state index is 0.738. The van der Waals surface area contributed by atoms with Gasteiger partial charge in [-0.2, -0.15) is 0 Å². The van der Waals surface area contributed by atoms with Crippen LogP contribution in [-0.4, -0.2) is 61.7 Å². The highest BCUT2D eigenvalue weighted by atomic mass is 15.2. The molecule has 17 heavy (non-hydrogen) atoms. The van der Waals surface area contributed by atoms with E-state index in [1.807, 2.05) is 0 Å². The SMILES string of the molecule is CCNC1CCCN(CCCN(CC)CC)C1. The van der Waals surface area contributed by atoms with Crippen LogP contribution in [0.25, 0.3) is 0 Å². The maximum atomic E-state index is 3.58. The maximum absolute atomic E-state index is 3.58. The van der Waals surface area contributed by atoms with Crippen molar-refractivity contribution in [1.29, 1.82) is 0 Å². The molecular formula is C14H31N3. The van der Waals surface area contributed by atoms with Crippen LogP contribution in [-0.2, 0) is 0 Å². The van der Waals surface area contributed by atoms with Crippen molar-refractivity contribution < 1.29 is 0 Å². The number of nitrogens with one attached hydrogen (secondary N) is 1. The van der Waals surface area contributed by atoms with Gasteiger partial charge in [0.25, 0.3) is 0 Å². The van der Waals surface area contributed by atoms with Crippen molar-refractivity contribution in [2.75, 3.05) is 45.8 Å². The Bertz CT molecular complexity index is 178. The van der Waals surface area contributed by atoms with E-state index < -0.39 is 0 Å². The molecule has 0 bridgehead atoms. The van der Waals surface area contributed by atoms with Gasteiger partial charge in [-0.25, -0.2) is 0 Å². The van der Waals surface area contributed by atoms with Crippen LogP contribution in [0.4, 0.5) is 0 Å². The fraction of sp³-hybridized carbons (Fsp3) is 1.00. The Morgan fingerprint density at radius 3 is 2.65 bits per heavy atom. The standard InChI is InChI=1S/C14H31N3/c1-4-15-14-9-7-10-17(13-14)12-8-11-16(5-2)6-3/h14-15H,4-13H2,1-3H3. The van der Waals surface area contributed by atoms with Gasteiger partial charge in [0.05, 0.1) is 0 Å². The molecule has 1 aliphatic heterocycles. The molecule has 1 saturated heterocycles. The average molecular weight is 241 g/mol. The van der Waals surface area contributed by atoms with E-state index in [1.165, 1.54) is 58.5 Å². The molecule has 1 N–H and O–H groups in total. The van der Waals surface area contributed by atoms with Gasteiger partial charge in [-0.05, 0) is 58.5 Å². The topological polar surface area (TPSA) is 18.5 Å². The number of rotatable bonds is 8. The Labute approximate surface area is 108 Å². The molecule has 1 rings (SSSR count). The number of piperidine rings is 1. The largest absolute Gasteiger partial charge is 0.313 e. The zero-order valence-corrected chi connectivity index (χ0v) is 12.0. The monoisotopic (exact) mass is 241 g/mol. The van der Waals surface area contributed by atoms with Crippen LogP contribution in [0.15, 0.2) is 0 Å². The van der Waals surface area contributed by atoms with E-state index in [4.69, 9.17) is 0 Å². The van der Waals surface area contributed by atoms with Gasteiger partial charge >= 0.3 is 0 Å². The Morgan fingerprint density at radius 1 is 1.24 bits per heavy atom. The zero-order chi connectivity index (χ0) is 12.5. The average Bonchev–Trinajstić information content (AvgIpc) is 2.36. The molecule has 1 atom stereocenters. The fourth-order valence-electron chi connectivity index (χ4n) is 2.77. The molecule has 0 aromatic heterocycles. The summed E-state index contributed by atoms with van der Waals surface area (Å²) < 4.78 is 0. The van der Waals surface area contributed by atoms with Crippen molar-refractivity contribution in [3.05, 3.63) is 0 Å². The summed E-state index contributed by atoms with van der Waals surface area (Å²) in [4.78, 5) is 5.16. The maximum Gasteiger partial charge on any atom is 0.0195 e. The first-order valence-electron chi connectivity index (χ1n) is 7.48. The summed E-state index contributed by atoms with van der Waals surface area (Å²) in [5, 5.41) is 3.58. The molecule has 1 heterocycles. The van der Waals surface area contributed by atoms with Crippen molar-refractivity contribution in [3.8, 4) is 0 Å². The summed E-state index contributed by atoms with van der Waals surface area (Å²) in [6.07, 6.45) is 4.05. The van der Waals surface area contributed by atoms with Crippen LogP contribution in [0, 0.1) is 0 Å². The third-order valence-electron chi connectivity index (χ3n) is 3.84. The van der Waals surface area contributed by atoms with Gasteiger partial charge in [0, 0.05) is 12.6 Å². The molecule has 0 aromatic rings. The van der Waals surface area contributed by atoms with Gasteiger partial charge in [-0.3, -0.25) is 0 Å². The first-order chi connectivity index (χ1) is 8.30. The van der Waals surface area contributed by atoms with Crippen LogP contribution in [0.3, 0.4) is 0 Å². The molecule has 0 aliphatic carbocycles. The lowest BCUT2D eigenvalue weighted by Crippen LogP contribution is -2.46. The third kappa shape index (κ3) is 5.84. The summed E-state index contributed by atoms with van der Waals surface area (Å²) in [6, 6.07) is 0.738. The first kappa shape index (κ1) is 14.9. The molecule has 1 aliphatic rings. The molecule has 3 heteroatoms. The van der Waals surface area contributed by atoms with Crippen molar-refractivity contribution in [2.24, 2.45) is 0 Å². The van der Waals surface area contributed by atoms with Crippen molar-refractivity contribution in [3.63, 3.8) is 0 Å². The first-order valence-corrected chi connectivity index (χ1v) is 7.48. The van der Waals surface area contributed by atoms with Crippen LogP contribution in [0.1, 0.15) is 40.0 Å². The minimum Gasteiger partial charge on any atom is -0.313 e. The molecule has 1 unspecified atom stereocenters. The summed E-state index contributed by atoms with van der Waals surface area (Å²) in [5.74, 6) is 0. The highest BCUT2D eigenvalue weighted by Gasteiger charge is 2.18.